The zero-order chi connectivity index (χ0) is 14.5. The van der Waals surface area contributed by atoms with E-state index in [1.165, 1.54) is 0 Å². The number of hydrogen-bond acceptors (Lipinski definition) is 7. The Labute approximate surface area is 126 Å². The summed E-state index contributed by atoms with van der Waals surface area (Å²) in [6.45, 7) is 1.95. The van der Waals surface area contributed by atoms with Crippen molar-refractivity contribution < 1.29 is 9.11 Å². The number of rotatable bonds is 5. The van der Waals surface area contributed by atoms with Gasteiger partial charge in [0, 0.05) is 34.7 Å². The largest absolute Gasteiger partial charge is 0.399 e. The maximum absolute atomic E-state index is 9.23. The van der Waals surface area contributed by atoms with Gasteiger partial charge < -0.3 is 20.3 Å². The Hall–Kier alpha value is -1.54. The molecule has 0 saturated heterocycles. The van der Waals surface area contributed by atoms with Crippen LogP contribution in [0.1, 0.15) is 5.56 Å². The molecule has 2 aromatic rings. The van der Waals surface area contributed by atoms with E-state index in [0.717, 1.165) is 11.3 Å². The Morgan fingerprint density at radius 1 is 0.950 bits per heavy atom. The van der Waals surface area contributed by atoms with Crippen molar-refractivity contribution in [2.24, 2.45) is 0 Å². The van der Waals surface area contributed by atoms with Gasteiger partial charge in [0.25, 0.3) is 0 Å². The quantitative estimate of drug-likeness (QED) is 0.322. The van der Waals surface area contributed by atoms with E-state index in [2.05, 4.69) is 10.9 Å². The van der Waals surface area contributed by atoms with Gasteiger partial charge in [0.1, 0.15) is 0 Å². The smallest absolute Gasteiger partial charge is 0.0710 e. The first kappa shape index (κ1) is 14.9. The van der Waals surface area contributed by atoms with Gasteiger partial charge in [0.15, 0.2) is 0 Å². The van der Waals surface area contributed by atoms with Crippen LogP contribution in [0.3, 0.4) is 0 Å². The Balaban J connectivity index is 2.17. The van der Waals surface area contributed by atoms with Gasteiger partial charge in [-0.25, -0.2) is 0 Å². The van der Waals surface area contributed by atoms with Gasteiger partial charge in [-0.15, -0.1) is 0 Å². The highest BCUT2D eigenvalue weighted by Crippen LogP contribution is 2.29. The molecule has 0 aliphatic carbocycles. The van der Waals surface area contributed by atoms with Crippen LogP contribution in [-0.4, -0.2) is 9.11 Å². The highest BCUT2D eigenvalue weighted by molar-refractivity contribution is 7.94. The van der Waals surface area contributed by atoms with Crippen molar-refractivity contribution in [3.8, 4) is 0 Å². The van der Waals surface area contributed by atoms with Crippen LogP contribution < -0.4 is 16.6 Å². The second-order valence-electron chi connectivity index (χ2n) is 4.16. The summed E-state index contributed by atoms with van der Waals surface area (Å²) in [4.78, 5) is 1.34. The topological polar surface area (TPSA) is 90.5 Å². The third kappa shape index (κ3) is 3.51. The van der Waals surface area contributed by atoms with Crippen LogP contribution in [0.4, 0.5) is 17.1 Å². The first-order valence-electron chi connectivity index (χ1n) is 5.79. The van der Waals surface area contributed by atoms with Crippen molar-refractivity contribution >= 4 is 41.1 Å². The summed E-state index contributed by atoms with van der Waals surface area (Å²) in [7, 11) is 0. The lowest BCUT2D eigenvalue weighted by Crippen LogP contribution is -2.10. The Bertz CT molecular complexity index is 608. The van der Waals surface area contributed by atoms with Gasteiger partial charge in [-0.2, -0.15) is 0 Å². The van der Waals surface area contributed by atoms with Crippen molar-refractivity contribution in [3.05, 3.63) is 42.0 Å². The number of nitrogens with one attached hydrogen (secondary N) is 2. The second kappa shape index (κ2) is 6.76. The highest BCUT2D eigenvalue weighted by Gasteiger charge is 2.05. The van der Waals surface area contributed by atoms with E-state index in [0.29, 0.717) is 45.3 Å². The van der Waals surface area contributed by atoms with Gasteiger partial charge in [0.05, 0.1) is 16.3 Å². The van der Waals surface area contributed by atoms with Gasteiger partial charge in [-0.3, -0.25) is 5.43 Å². The SMILES string of the molecule is Cc1cc(N)ccc1NNc1cc(SO)ccc1SO. The van der Waals surface area contributed by atoms with E-state index in [9.17, 15) is 4.55 Å². The molecule has 0 heterocycles. The zero-order valence-corrected chi connectivity index (χ0v) is 12.4. The van der Waals surface area contributed by atoms with E-state index in [1.807, 2.05) is 19.1 Å². The number of hydrazine groups is 1. The molecule has 0 atom stereocenters. The first-order valence-corrected chi connectivity index (χ1v) is 7.33. The number of nitrogens with two attached hydrogens (primary N) is 1. The molecule has 5 nitrogen and oxygen atoms in total. The Morgan fingerprint density at radius 2 is 1.70 bits per heavy atom. The standard InChI is InChI=1S/C13H15N3O2S2/c1-8-6-9(14)2-4-11(8)15-16-12-7-10(19-17)3-5-13(12)20-18/h2-7,15-18H,14H2,1H3. The van der Waals surface area contributed by atoms with Crippen LogP contribution in [-0.2, 0) is 0 Å². The lowest BCUT2D eigenvalue weighted by atomic mass is 10.2. The molecule has 0 radical (unpaired) electrons. The minimum absolute atomic E-state index is 0.643. The molecule has 0 saturated carbocycles. The van der Waals surface area contributed by atoms with Gasteiger partial charge in [-0.1, -0.05) is 0 Å². The molecule has 0 amide bonds. The van der Waals surface area contributed by atoms with Crippen molar-refractivity contribution in [1.82, 2.24) is 0 Å². The van der Waals surface area contributed by atoms with Crippen molar-refractivity contribution in [1.29, 1.82) is 0 Å². The molecule has 6 N–H and O–H groups in total. The van der Waals surface area contributed by atoms with Crippen LogP contribution in [0, 0.1) is 6.92 Å². The summed E-state index contributed by atoms with van der Waals surface area (Å²) in [6, 6.07) is 10.7. The molecule has 0 aliphatic rings. The number of aryl methyl sites for hydroxylation is 1. The molecule has 2 aromatic carbocycles. The molecule has 106 valence electrons. The molecule has 0 aliphatic heterocycles. The molecule has 0 unspecified atom stereocenters. The van der Waals surface area contributed by atoms with E-state index in [1.54, 1.807) is 24.3 Å². The molecule has 20 heavy (non-hydrogen) atoms. The minimum atomic E-state index is 0.643. The summed E-state index contributed by atoms with van der Waals surface area (Å²) < 4.78 is 18.3. The molecule has 0 bridgehead atoms. The maximum atomic E-state index is 9.23. The second-order valence-corrected chi connectivity index (χ2v) is 5.44. The van der Waals surface area contributed by atoms with Crippen molar-refractivity contribution in [3.63, 3.8) is 0 Å². The Morgan fingerprint density at radius 3 is 2.35 bits per heavy atom. The number of nitrogen functional groups attached to an aromatic ring is 1. The molecular weight excluding hydrogens is 294 g/mol. The molecule has 0 aromatic heterocycles. The number of benzene rings is 2. The van der Waals surface area contributed by atoms with Crippen LogP contribution >= 0.6 is 24.1 Å². The molecule has 2 rings (SSSR count). The van der Waals surface area contributed by atoms with E-state index >= 15 is 0 Å². The van der Waals surface area contributed by atoms with Gasteiger partial charge >= 0.3 is 0 Å². The zero-order valence-electron chi connectivity index (χ0n) is 10.8. The van der Waals surface area contributed by atoms with Crippen LogP contribution in [0.5, 0.6) is 0 Å². The van der Waals surface area contributed by atoms with Crippen molar-refractivity contribution in [2.75, 3.05) is 16.6 Å². The lowest BCUT2D eigenvalue weighted by Gasteiger charge is -2.15. The maximum Gasteiger partial charge on any atom is 0.0710 e. The average molecular weight is 309 g/mol. The fourth-order valence-electron chi connectivity index (χ4n) is 1.70. The summed E-state index contributed by atoms with van der Waals surface area (Å²) in [5.41, 5.74) is 15.1. The fraction of sp³-hybridized carbons (Fsp3) is 0.0769. The molecule has 0 spiro atoms. The Kier molecular flexibility index (Phi) is 5.02. The minimum Gasteiger partial charge on any atom is -0.399 e. The normalized spacial score (nSPS) is 10.3. The van der Waals surface area contributed by atoms with E-state index in [-0.39, 0.29) is 0 Å². The summed E-state index contributed by atoms with van der Waals surface area (Å²) in [5, 5.41) is 0. The number of anilines is 3. The fourth-order valence-corrected chi connectivity index (χ4v) is 2.34. The van der Waals surface area contributed by atoms with Gasteiger partial charge in [-0.05, 0) is 48.9 Å². The van der Waals surface area contributed by atoms with Crippen LogP contribution in [0.15, 0.2) is 46.2 Å². The van der Waals surface area contributed by atoms with Crippen LogP contribution in [0.25, 0.3) is 0 Å². The highest BCUT2D eigenvalue weighted by atomic mass is 32.2. The van der Waals surface area contributed by atoms with Crippen LogP contribution in [0.2, 0.25) is 0 Å². The third-order valence-corrected chi connectivity index (χ3v) is 3.75. The third-order valence-electron chi connectivity index (χ3n) is 2.74. The average Bonchev–Trinajstić information content (AvgIpc) is 2.46. The monoisotopic (exact) mass is 309 g/mol. The lowest BCUT2D eigenvalue weighted by molar-refractivity contribution is 0.661. The van der Waals surface area contributed by atoms with E-state index < -0.39 is 0 Å². The van der Waals surface area contributed by atoms with Crippen molar-refractivity contribution in [2.45, 2.75) is 16.7 Å². The molecule has 7 heteroatoms. The summed E-state index contributed by atoms with van der Waals surface area (Å²) in [6.07, 6.45) is 0. The summed E-state index contributed by atoms with van der Waals surface area (Å²) >= 11 is 1.30. The van der Waals surface area contributed by atoms with E-state index in [4.69, 9.17) is 10.3 Å². The predicted molar refractivity (Wildman–Crippen MR) is 86.3 cm³/mol. The van der Waals surface area contributed by atoms with Gasteiger partial charge in [0.2, 0.25) is 0 Å². The first-order chi connectivity index (χ1) is 9.63. The number of hydrogen-bond donors (Lipinski definition) is 5. The summed E-state index contributed by atoms with van der Waals surface area (Å²) in [5.74, 6) is 0. The molecule has 0 fully saturated rings. The molecular formula is C13H15N3O2S2. The predicted octanol–water partition coefficient (Wildman–Crippen LogP) is 4.15.